The number of unbranched alkanes of at least 4 members (excludes halogenated alkanes) is 3. The Morgan fingerprint density at radius 1 is 0.667 bits per heavy atom. The van der Waals surface area contributed by atoms with E-state index in [-0.39, 0.29) is 11.3 Å². The third-order valence-electron chi connectivity index (χ3n) is 8.12. The minimum atomic E-state index is -0.917. The van der Waals surface area contributed by atoms with E-state index >= 15 is 0 Å². The molecule has 3 aromatic rings. The number of nitrogens with zero attached hydrogens (tertiary/aromatic N) is 1. The van der Waals surface area contributed by atoms with Crippen LogP contribution in [0.15, 0.2) is 84.9 Å². The van der Waals surface area contributed by atoms with E-state index in [0.717, 1.165) is 37.1 Å². The summed E-state index contributed by atoms with van der Waals surface area (Å²) in [5.74, 6) is 0.239. The lowest BCUT2D eigenvalue weighted by Gasteiger charge is -2.42. The Morgan fingerprint density at radius 3 is 1.72 bits per heavy atom. The van der Waals surface area contributed by atoms with Gasteiger partial charge in [-0.1, -0.05) is 119 Å². The van der Waals surface area contributed by atoms with Crippen molar-refractivity contribution in [3.05, 3.63) is 107 Å². The van der Waals surface area contributed by atoms with Gasteiger partial charge < -0.3 is 10.0 Å². The van der Waals surface area contributed by atoms with E-state index in [2.05, 4.69) is 74.2 Å². The first-order chi connectivity index (χ1) is 17.4. The van der Waals surface area contributed by atoms with Crippen LogP contribution in [0.4, 0.5) is 0 Å². The third-order valence-corrected chi connectivity index (χ3v) is 8.12. The molecule has 0 atom stereocenters. The van der Waals surface area contributed by atoms with Crippen LogP contribution in [0.25, 0.3) is 0 Å². The van der Waals surface area contributed by atoms with Gasteiger partial charge in [-0.25, -0.2) is 0 Å². The van der Waals surface area contributed by atoms with Crippen LogP contribution in [0.3, 0.4) is 0 Å². The molecule has 0 saturated carbocycles. The molecular weight excluding hydrogens is 438 g/mol. The minimum absolute atomic E-state index is 0.231. The fraction of sp³-hybridized carbons (Fsp3) is 0.471. The zero-order valence-electron chi connectivity index (χ0n) is 22.6. The predicted molar refractivity (Wildman–Crippen MR) is 152 cm³/mol. The summed E-state index contributed by atoms with van der Waals surface area (Å²) < 4.78 is 0. The molecule has 1 heterocycles. The first-order valence-electron chi connectivity index (χ1n) is 14.0. The SMILES string of the molecule is CC(C)(C)c1ccc(CCCCCCN2CCC(C(O)(c3ccccc3)c3ccccc3)CC2)cc1. The molecule has 2 heteroatoms. The van der Waals surface area contributed by atoms with Crippen LogP contribution in [0, 0.1) is 5.92 Å². The zero-order valence-corrected chi connectivity index (χ0v) is 22.6. The number of aryl methyl sites for hydroxylation is 1. The summed E-state index contributed by atoms with van der Waals surface area (Å²) in [6.07, 6.45) is 8.41. The number of rotatable bonds is 10. The second-order valence-corrected chi connectivity index (χ2v) is 11.7. The van der Waals surface area contributed by atoms with Gasteiger partial charge in [-0.2, -0.15) is 0 Å². The maximum atomic E-state index is 12.1. The van der Waals surface area contributed by atoms with E-state index in [1.807, 2.05) is 36.4 Å². The average molecular weight is 484 g/mol. The molecule has 1 aliphatic heterocycles. The first kappa shape index (κ1) is 26.6. The molecular formula is C34H45NO. The van der Waals surface area contributed by atoms with Crippen molar-refractivity contribution in [2.45, 2.75) is 76.7 Å². The highest BCUT2D eigenvalue weighted by molar-refractivity contribution is 5.37. The van der Waals surface area contributed by atoms with Crippen LogP contribution >= 0.6 is 0 Å². The second kappa shape index (κ2) is 12.2. The van der Waals surface area contributed by atoms with Crippen LogP contribution in [-0.2, 0) is 17.4 Å². The fourth-order valence-corrected chi connectivity index (χ4v) is 5.79. The molecule has 36 heavy (non-hydrogen) atoms. The third kappa shape index (κ3) is 6.66. The molecule has 3 aromatic carbocycles. The summed E-state index contributed by atoms with van der Waals surface area (Å²) in [6.45, 7) is 10.2. The molecule has 2 nitrogen and oxygen atoms in total. The molecule has 1 N–H and O–H groups in total. The molecule has 1 aliphatic rings. The largest absolute Gasteiger partial charge is 0.380 e. The van der Waals surface area contributed by atoms with Crippen molar-refractivity contribution < 1.29 is 5.11 Å². The molecule has 192 valence electrons. The van der Waals surface area contributed by atoms with Gasteiger partial charge in [-0.3, -0.25) is 0 Å². The topological polar surface area (TPSA) is 23.5 Å². The number of benzene rings is 3. The minimum Gasteiger partial charge on any atom is -0.380 e. The highest BCUT2D eigenvalue weighted by Crippen LogP contribution is 2.41. The van der Waals surface area contributed by atoms with Crippen molar-refractivity contribution in [1.82, 2.24) is 4.90 Å². The van der Waals surface area contributed by atoms with Gasteiger partial charge in [0.15, 0.2) is 0 Å². The Morgan fingerprint density at radius 2 is 1.19 bits per heavy atom. The van der Waals surface area contributed by atoms with Crippen LogP contribution in [0.1, 0.15) is 81.5 Å². The molecule has 0 bridgehead atoms. The van der Waals surface area contributed by atoms with Crippen molar-refractivity contribution in [3.8, 4) is 0 Å². The van der Waals surface area contributed by atoms with Crippen LogP contribution in [-0.4, -0.2) is 29.6 Å². The van der Waals surface area contributed by atoms with Crippen LogP contribution in [0.2, 0.25) is 0 Å². The highest BCUT2D eigenvalue weighted by atomic mass is 16.3. The number of aliphatic hydroxyl groups is 1. The van der Waals surface area contributed by atoms with Crippen molar-refractivity contribution in [1.29, 1.82) is 0 Å². The van der Waals surface area contributed by atoms with Crippen LogP contribution in [0.5, 0.6) is 0 Å². The summed E-state index contributed by atoms with van der Waals surface area (Å²) in [6, 6.07) is 29.8. The van der Waals surface area contributed by atoms with Gasteiger partial charge in [0.25, 0.3) is 0 Å². The van der Waals surface area contributed by atoms with E-state index < -0.39 is 5.60 Å². The quantitative estimate of drug-likeness (QED) is 0.298. The highest BCUT2D eigenvalue weighted by Gasteiger charge is 2.41. The molecule has 0 aliphatic carbocycles. The van der Waals surface area contributed by atoms with Crippen molar-refractivity contribution >= 4 is 0 Å². The number of piperidine rings is 1. The maximum absolute atomic E-state index is 12.1. The zero-order chi connectivity index (χ0) is 25.4. The maximum Gasteiger partial charge on any atom is 0.117 e. The Labute approximate surface area is 219 Å². The van der Waals surface area contributed by atoms with Crippen molar-refractivity contribution in [3.63, 3.8) is 0 Å². The van der Waals surface area contributed by atoms with Gasteiger partial charge >= 0.3 is 0 Å². The molecule has 0 unspecified atom stereocenters. The normalized spacial score (nSPS) is 15.8. The van der Waals surface area contributed by atoms with E-state index in [1.165, 1.54) is 49.8 Å². The molecule has 0 amide bonds. The monoisotopic (exact) mass is 483 g/mol. The van der Waals surface area contributed by atoms with Gasteiger partial charge in [0.05, 0.1) is 0 Å². The smallest absolute Gasteiger partial charge is 0.117 e. The van der Waals surface area contributed by atoms with E-state index in [1.54, 1.807) is 0 Å². The summed E-state index contributed by atoms with van der Waals surface area (Å²) in [7, 11) is 0. The van der Waals surface area contributed by atoms with Crippen LogP contribution < -0.4 is 0 Å². The Kier molecular flexibility index (Phi) is 9.04. The predicted octanol–water partition coefficient (Wildman–Crippen LogP) is 7.74. The molecule has 0 spiro atoms. The van der Waals surface area contributed by atoms with E-state index in [4.69, 9.17) is 0 Å². The lowest BCUT2D eigenvalue weighted by molar-refractivity contribution is -0.0143. The summed E-state index contributed by atoms with van der Waals surface area (Å²) in [4.78, 5) is 2.61. The van der Waals surface area contributed by atoms with Gasteiger partial charge in [0, 0.05) is 0 Å². The van der Waals surface area contributed by atoms with Gasteiger partial charge in [0.2, 0.25) is 0 Å². The molecule has 0 aromatic heterocycles. The fourth-order valence-electron chi connectivity index (χ4n) is 5.79. The van der Waals surface area contributed by atoms with Crippen molar-refractivity contribution in [2.75, 3.05) is 19.6 Å². The molecule has 1 saturated heterocycles. The summed E-state index contributed by atoms with van der Waals surface area (Å²) in [5, 5.41) is 12.1. The summed E-state index contributed by atoms with van der Waals surface area (Å²) in [5.41, 5.74) is 4.23. The lowest BCUT2D eigenvalue weighted by Crippen LogP contribution is -2.44. The molecule has 0 radical (unpaired) electrons. The Hall–Kier alpha value is -2.42. The second-order valence-electron chi connectivity index (χ2n) is 11.7. The summed E-state index contributed by atoms with van der Waals surface area (Å²) >= 11 is 0. The van der Waals surface area contributed by atoms with E-state index in [9.17, 15) is 5.11 Å². The molecule has 1 fully saturated rings. The standard InChI is InChI=1S/C34H45NO/c1-33(2,3)29-21-19-28(20-22-29)14-8-4-5-13-25-35-26-23-32(24-27-35)34(36,30-15-9-6-10-16-30)31-17-11-7-12-18-31/h6-7,9-12,15-22,32,36H,4-5,8,13-14,23-27H2,1-3H3. The van der Waals surface area contributed by atoms with Crippen molar-refractivity contribution in [2.24, 2.45) is 5.92 Å². The van der Waals surface area contributed by atoms with Gasteiger partial charge in [-0.05, 0) is 85.3 Å². The Balaban J connectivity index is 1.20. The first-order valence-corrected chi connectivity index (χ1v) is 14.0. The van der Waals surface area contributed by atoms with Gasteiger partial charge in [-0.15, -0.1) is 0 Å². The number of likely N-dealkylation sites (tertiary alicyclic amines) is 1. The molecule has 4 rings (SSSR count). The number of hydrogen-bond acceptors (Lipinski definition) is 2. The number of hydrogen-bond donors (Lipinski definition) is 1. The lowest BCUT2D eigenvalue weighted by atomic mass is 9.72. The van der Waals surface area contributed by atoms with Gasteiger partial charge in [0.1, 0.15) is 5.60 Å². The average Bonchev–Trinajstić information content (AvgIpc) is 2.91. The Bertz CT molecular complexity index is 989. The van der Waals surface area contributed by atoms with E-state index in [0.29, 0.717) is 0 Å².